The summed E-state index contributed by atoms with van der Waals surface area (Å²) in [7, 11) is -1.88. The molecule has 25 heavy (non-hydrogen) atoms. The zero-order valence-corrected chi connectivity index (χ0v) is 19.5. The van der Waals surface area contributed by atoms with E-state index in [9.17, 15) is 14.4 Å². The summed E-state index contributed by atoms with van der Waals surface area (Å²) in [6.07, 6.45) is 3.68. The molecule has 0 amide bonds. The van der Waals surface area contributed by atoms with Gasteiger partial charge >= 0.3 is 59.1 Å². The standard InChI is InChI=1S/C16H17O6P.2Na/c1-20-15-9-13(10-16(11-15)21-2)4-3-12-5-7-14(8-6-12)22-23(17,18)19;;/h3-11H,1-2H3,(H2,17,18,19);;/q;2*+1/p-2. The molecule has 0 radical (unpaired) electrons. The van der Waals surface area contributed by atoms with Crippen LogP contribution in [0.2, 0.25) is 0 Å². The summed E-state index contributed by atoms with van der Waals surface area (Å²) in [5.41, 5.74) is 1.69. The van der Waals surface area contributed by atoms with Crippen molar-refractivity contribution in [3.63, 3.8) is 0 Å². The van der Waals surface area contributed by atoms with Crippen LogP contribution >= 0.6 is 7.82 Å². The molecule has 0 atom stereocenters. The van der Waals surface area contributed by atoms with Crippen LogP contribution in [0.3, 0.4) is 0 Å². The second-order valence-electron chi connectivity index (χ2n) is 4.59. The van der Waals surface area contributed by atoms with Crippen molar-refractivity contribution < 1.29 is 87.5 Å². The van der Waals surface area contributed by atoms with Gasteiger partial charge in [-0.15, -0.1) is 0 Å². The Kier molecular flexibility index (Phi) is 11.3. The van der Waals surface area contributed by atoms with Crippen molar-refractivity contribution in [3.8, 4) is 17.2 Å². The Bertz CT molecular complexity index is 721. The monoisotopic (exact) mass is 380 g/mol. The molecule has 6 nitrogen and oxygen atoms in total. The minimum absolute atomic E-state index is 0. The Hall–Kier alpha value is -0.270. The summed E-state index contributed by atoms with van der Waals surface area (Å²) in [6.45, 7) is 0. The van der Waals surface area contributed by atoms with Crippen molar-refractivity contribution in [2.75, 3.05) is 14.2 Å². The van der Waals surface area contributed by atoms with E-state index in [-0.39, 0.29) is 64.9 Å². The Morgan fingerprint density at radius 1 is 0.800 bits per heavy atom. The van der Waals surface area contributed by atoms with E-state index < -0.39 is 7.82 Å². The number of rotatable bonds is 6. The van der Waals surface area contributed by atoms with Crippen LogP contribution in [0.1, 0.15) is 11.1 Å². The van der Waals surface area contributed by atoms with Crippen LogP contribution in [0.15, 0.2) is 42.5 Å². The first-order valence-electron chi connectivity index (χ1n) is 6.62. The maximum Gasteiger partial charge on any atom is 1.00 e. The van der Waals surface area contributed by atoms with Gasteiger partial charge in [-0.25, -0.2) is 0 Å². The average Bonchev–Trinajstić information content (AvgIpc) is 2.52. The van der Waals surface area contributed by atoms with Gasteiger partial charge in [-0.1, -0.05) is 24.3 Å². The summed E-state index contributed by atoms with van der Waals surface area (Å²) in [5.74, 6) is 1.34. The summed E-state index contributed by atoms with van der Waals surface area (Å²) >= 11 is 0. The van der Waals surface area contributed by atoms with Gasteiger partial charge < -0.3 is 28.3 Å². The molecule has 2 aromatic carbocycles. The van der Waals surface area contributed by atoms with E-state index in [0.29, 0.717) is 11.5 Å². The molecule has 122 valence electrons. The van der Waals surface area contributed by atoms with Gasteiger partial charge in [0.15, 0.2) is 0 Å². The average molecular weight is 380 g/mol. The first kappa shape index (κ1) is 24.7. The number of methoxy groups -OCH3 is 2. The third-order valence-electron chi connectivity index (χ3n) is 2.94. The summed E-state index contributed by atoms with van der Waals surface area (Å²) in [5, 5.41) is 0. The van der Waals surface area contributed by atoms with E-state index in [0.717, 1.165) is 11.1 Å². The molecule has 0 aliphatic heterocycles. The van der Waals surface area contributed by atoms with Crippen LogP contribution in [0.4, 0.5) is 0 Å². The summed E-state index contributed by atoms with van der Waals surface area (Å²) in [4.78, 5) is 21.1. The van der Waals surface area contributed by atoms with E-state index in [4.69, 9.17) is 9.47 Å². The van der Waals surface area contributed by atoms with Crippen molar-refractivity contribution in [3.05, 3.63) is 53.6 Å². The molecule has 9 heteroatoms. The van der Waals surface area contributed by atoms with Gasteiger partial charge in [0.05, 0.1) is 14.2 Å². The number of hydrogen-bond acceptors (Lipinski definition) is 6. The molecule has 0 bridgehead atoms. The fourth-order valence-electron chi connectivity index (χ4n) is 1.89. The minimum atomic E-state index is -5.03. The van der Waals surface area contributed by atoms with Crippen LogP contribution < -0.4 is 82.9 Å². The van der Waals surface area contributed by atoms with Gasteiger partial charge in [-0.05, 0) is 35.4 Å². The molecule has 2 aromatic rings. The quantitative estimate of drug-likeness (QED) is 0.289. The van der Waals surface area contributed by atoms with Crippen LogP contribution in [-0.4, -0.2) is 14.2 Å². The fourth-order valence-corrected chi connectivity index (χ4v) is 2.27. The minimum Gasteiger partial charge on any atom is -0.780 e. The third kappa shape index (κ3) is 8.78. The van der Waals surface area contributed by atoms with E-state index in [1.54, 1.807) is 32.4 Å². The zero-order valence-electron chi connectivity index (χ0n) is 14.6. The second-order valence-corrected chi connectivity index (χ2v) is 5.66. The van der Waals surface area contributed by atoms with Crippen molar-refractivity contribution in [2.24, 2.45) is 0 Å². The number of phosphoric acid groups is 1. The third-order valence-corrected chi connectivity index (χ3v) is 3.37. The molecule has 0 aliphatic carbocycles. The van der Waals surface area contributed by atoms with Gasteiger partial charge in [0.2, 0.25) is 0 Å². The molecule has 0 N–H and O–H groups in total. The van der Waals surface area contributed by atoms with E-state index >= 15 is 0 Å². The molecule has 0 aliphatic rings. The predicted octanol–water partition coefficient (Wildman–Crippen LogP) is -3.91. The molecular weight excluding hydrogens is 365 g/mol. The largest absolute Gasteiger partial charge is 1.00 e. The molecule has 0 heterocycles. The maximum absolute atomic E-state index is 10.5. The maximum atomic E-state index is 10.5. The Balaban J connectivity index is 0.00000288. The van der Waals surface area contributed by atoms with Gasteiger partial charge in [-0.3, -0.25) is 0 Å². The number of ether oxygens (including phenoxy) is 2. The summed E-state index contributed by atoms with van der Waals surface area (Å²) in [6, 6.07) is 11.6. The van der Waals surface area contributed by atoms with Crippen LogP contribution in [0.25, 0.3) is 12.2 Å². The predicted molar refractivity (Wildman–Crippen MR) is 83.2 cm³/mol. The van der Waals surface area contributed by atoms with Crippen LogP contribution in [0, 0.1) is 0 Å². The van der Waals surface area contributed by atoms with Gasteiger partial charge in [0.25, 0.3) is 0 Å². The SMILES string of the molecule is COc1cc(C=Cc2ccc(OP(=O)([O-])[O-])cc2)cc(OC)c1.[Na+].[Na+]. The van der Waals surface area contributed by atoms with Crippen molar-refractivity contribution in [1.29, 1.82) is 0 Å². The fraction of sp³-hybridized carbons (Fsp3) is 0.125. The van der Waals surface area contributed by atoms with Crippen molar-refractivity contribution >= 4 is 20.0 Å². The van der Waals surface area contributed by atoms with Crippen molar-refractivity contribution in [1.82, 2.24) is 0 Å². The molecule has 0 saturated carbocycles. The van der Waals surface area contributed by atoms with Crippen LogP contribution in [-0.2, 0) is 4.57 Å². The van der Waals surface area contributed by atoms with Crippen LogP contribution in [0.5, 0.6) is 17.2 Å². The summed E-state index contributed by atoms with van der Waals surface area (Å²) < 4.78 is 25.2. The Morgan fingerprint density at radius 3 is 1.72 bits per heavy atom. The van der Waals surface area contributed by atoms with E-state index in [2.05, 4.69) is 4.52 Å². The van der Waals surface area contributed by atoms with Gasteiger partial charge in [0, 0.05) is 6.07 Å². The van der Waals surface area contributed by atoms with E-state index in [1.165, 1.54) is 12.1 Å². The second kappa shape index (κ2) is 11.4. The zero-order chi connectivity index (χ0) is 16.9. The Morgan fingerprint density at radius 2 is 1.28 bits per heavy atom. The molecule has 0 fully saturated rings. The number of benzene rings is 2. The van der Waals surface area contributed by atoms with Crippen molar-refractivity contribution in [2.45, 2.75) is 0 Å². The smallest absolute Gasteiger partial charge is 0.780 e. The normalized spacial score (nSPS) is 10.6. The number of phosphoric ester groups is 1. The first-order valence-corrected chi connectivity index (χ1v) is 8.08. The Labute approximate surface area is 191 Å². The molecule has 2 rings (SSSR count). The van der Waals surface area contributed by atoms with Gasteiger partial charge in [0.1, 0.15) is 25.1 Å². The number of hydrogen-bond donors (Lipinski definition) is 0. The molecule has 0 saturated heterocycles. The first-order chi connectivity index (χ1) is 10.9. The van der Waals surface area contributed by atoms with E-state index in [1.807, 2.05) is 24.3 Å². The molecule has 0 unspecified atom stereocenters. The molecule has 0 spiro atoms. The molecule has 0 aromatic heterocycles. The molecular formula is C16H15Na2O6P. The topological polar surface area (TPSA) is 90.9 Å². The van der Waals surface area contributed by atoms with Gasteiger partial charge in [-0.2, -0.15) is 0 Å².